The summed E-state index contributed by atoms with van der Waals surface area (Å²) in [6.45, 7) is 5.24. The van der Waals surface area contributed by atoms with E-state index in [1.807, 2.05) is 6.92 Å². The first kappa shape index (κ1) is 13.8. The minimum absolute atomic E-state index is 0.621. The SMILES string of the molecule is CCN(c1snc(N)c1-c1nc(C)cs1)C1CCCC1. The summed E-state index contributed by atoms with van der Waals surface area (Å²) in [5.74, 6) is 0.621. The minimum Gasteiger partial charge on any atom is -0.382 e. The molecule has 0 saturated heterocycles. The van der Waals surface area contributed by atoms with E-state index in [9.17, 15) is 0 Å². The molecule has 0 radical (unpaired) electrons. The number of aryl methyl sites for hydroxylation is 1. The number of nitrogen functional groups attached to an aromatic ring is 1. The Morgan fingerprint density at radius 1 is 1.40 bits per heavy atom. The topological polar surface area (TPSA) is 55.0 Å². The predicted molar refractivity (Wildman–Crippen MR) is 87.6 cm³/mol. The van der Waals surface area contributed by atoms with Gasteiger partial charge < -0.3 is 10.6 Å². The van der Waals surface area contributed by atoms with Crippen LogP contribution < -0.4 is 10.6 Å². The van der Waals surface area contributed by atoms with Crippen LogP contribution in [-0.4, -0.2) is 21.9 Å². The van der Waals surface area contributed by atoms with Crippen LogP contribution in [0.25, 0.3) is 10.6 Å². The molecule has 2 aromatic rings. The second-order valence-electron chi connectivity index (χ2n) is 5.27. The summed E-state index contributed by atoms with van der Waals surface area (Å²) in [7, 11) is 0. The lowest BCUT2D eigenvalue weighted by molar-refractivity contribution is 0.624. The van der Waals surface area contributed by atoms with Gasteiger partial charge in [-0.1, -0.05) is 12.8 Å². The third-order valence-electron chi connectivity index (χ3n) is 3.90. The Balaban J connectivity index is 2.00. The molecular formula is C14H20N4S2. The molecule has 0 spiro atoms. The molecule has 0 bridgehead atoms. The van der Waals surface area contributed by atoms with Gasteiger partial charge in [0.2, 0.25) is 0 Å². The Morgan fingerprint density at radius 3 is 2.75 bits per heavy atom. The number of aromatic nitrogens is 2. The average molecular weight is 308 g/mol. The molecule has 6 heteroatoms. The van der Waals surface area contributed by atoms with Gasteiger partial charge in [-0.05, 0) is 38.2 Å². The monoisotopic (exact) mass is 308 g/mol. The maximum Gasteiger partial charge on any atom is 0.149 e. The van der Waals surface area contributed by atoms with Crippen LogP contribution in [0.1, 0.15) is 38.3 Å². The van der Waals surface area contributed by atoms with Gasteiger partial charge in [-0.3, -0.25) is 0 Å². The van der Waals surface area contributed by atoms with Crippen molar-refractivity contribution in [3.63, 3.8) is 0 Å². The molecule has 0 unspecified atom stereocenters. The molecule has 0 amide bonds. The van der Waals surface area contributed by atoms with E-state index in [0.29, 0.717) is 11.9 Å². The van der Waals surface area contributed by atoms with Gasteiger partial charge >= 0.3 is 0 Å². The van der Waals surface area contributed by atoms with Crippen molar-refractivity contribution < 1.29 is 0 Å². The number of nitrogens with zero attached hydrogens (tertiary/aromatic N) is 3. The lowest BCUT2D eigenvalue weighted by Crippen LogP contribution is -2.32. The number of hydrogen-bond acceptors (Lipinski definition) is 6. The first-order chi connectivity index (χ1) is 9.70. The van der Waals surface area contributed by atoms with Crippen LogP contribution in [0.3, 0.4) is 0 Å². The maximum absolute atomic E-state index is 6.11. The third-order valence-corrected chi connectivity index (χ3v) is 5.78. The summed E-state index contributed by atoms with van der Waals surface area (Å²) < 4.78 is 4.39. The van der Waals surface area contributed by atoms with E-state index >= 15 is 0 Å². The van der Waals surface area contributed by atoms with Crippen molar-refractivity contribution in [3.05, 3.63) is 11.1 Å². The van der Waals surface area contributed by atoms with E-state index in [1.165, 1.54) is 42.2 Å². The molecule has 20 heavy (non-hydrogen) atoms. The molecule has 2 aromatic heterocycles. The highest BCUT2D eigenvalue weighted by Gasteiger charge is 2.27. The fourth-order valence-corrected chi connectivity index (χ4v) is 4.81. The van der Waals surface area contributed by atoms with Crippen molar-refractivity contribution in [2.45, 2.75) is 45.6 Å². The second-order valence-corrected chi connectivity index (χ2v) is 6.88. The number of nitrogens with two attached hydrogens (primary N) is 1. The highest BCUT2D eigenvalue weighted by Crippen LogP contribution is 2.42. The molecule has 2 heterocycles. The van der Waals surface area contributed by atoms with Gasteiger partial charge in [0, 0.05) is 23.7 Å². The zero-order valence-corrected chi connectivity index (χ0v) is 13.6. The predicted octanol–water partition coefficient (Wildman–Crippen LogP) is 3.93. The second kappa shape index (κ2) is 5.69. The van der Waals surface area contributed by atoms with Crippen LogP contribution in [-0.2, 0) is 0 Å². The third kappa shape index (κ3) is 2.42. The van der Waals surface area contributed by atoms with Crippen LogP contribution in [0.5, 0.6) is 0 Å². The van der Waals surface area contributed by atoms with Gasteiger partial charge in [-0.2, -0.15) is 4.37 Å². The minimum atomic E-state index is 0.621. The van der Waals surface area contributed by atoms with Crippen molar-refractivity contribution in [1.82, 2.24) is 9.36 Å². The Bertz CT molecular complexity index is 584. The molecule has 1 aliphatic rings. The summed E-state index contributed by atoms with van der Waals surface area (Å²) in [5.41, 5.74) is 8.20. The quantitative estimate of drug-likeness (QED) is 0.930. The van der Waals surface area contributed by atoms with Crippen LogP contribution in [0.15, 0.2) is 5.38 Å². The van der Waals surface area contributed by atoms with Crippen molar-refractivity contribution in [3.8, 4) is 10.6 Å². The summed E-state index contributed by atoms with van der Waals surface area (Å²) in [5, 5.41) is 4.27. The zero-order chi connectivity index (χ0) is 14.1. The molecule has 1 saturated carbocycles. The maximum atomic E-state index is 6.11. The smallest absolute Gasteiger partial charge is 0.149 e. The molecular weight excluding hydrogens is 288 g/mol. The van der Waals surface area contributed by atoms with Crippen molar-refractivity contribution in [2.75, 3.05) is 17.2 Å². The molecule has 0 aromatic carbocycles. The molecule has 4 nitrogen and oxygen atoms in total. The van der Waals surface area contributed by atoms with E-state index in [0.717, 1.165) is 22.8 Å². The van der Waals surface area contributed by atoms with Crippen LogP contribution in [0.2, 0.25) is 0 Å². The lowest BCUT2D eigenvalue weighted by atomic mass is 10.2. The highest BCUT2D eigenvalue weighted by molar-refractivity contribution is 7.15. The Kier molecular flexibility index (Phi) is 3.94. The summed E-state index contributed by atoms with van der Waals surface area (Å²) in [4.78, 5) is 7.08. The Labute approximate surface area is 127 Å². The largest absolute Gasteiger partial charge is 0.382 e. The number of hydrogen-bond donors (Lipinski definition) is 1. The number of thiazole rings is 1. The van der Waals surface area contributed by atoms with Gasteiger partial charge in [0.05, 0.1) is 5.56 Å². The molecule has 108 valence electrons. The average Bonchev–Trinajstić information content (AvgIpc) is 3.13. The number of rotatable bonds is 4. The molecule has 3 rings (SSSR count). The van der Waals surface area contributed by atoms with Crippen LogP contribution in [0.4, 0.5) is 10.8 Å². The molecule has 2 N–H and O–H groups in total. The van der Waals surface area contributed by atoms with E-state index in [1.54, 1.807) is 11.3 Å². The molecule has 1 aliphatic carbocycles. The van der Waals surface area contributed by atoms with Crippen molar-refractivity contribution in [1.29, 1.82) is 0 Å². The van der Waals surface area contributed by atoms with E-state index < -0.39 is 0 Å². The molecule has 0 aliphatic heterocycles. The fourth-order valence-electron chi connectivity index (χ4n) is 2.94. The number of anilines is 2. The fraction of sp³-hybridized carbons (Fsp3) is 0.571. The normalized spacial score (nSPS) is 15.9. The summed E-state index contributed by atoms with van der Waals surface area (Å²) in [6.07, 6.45) is 5.23. The first-order valence-corrected chi connectivity index (χ1v) is 8.80. The van der Waals surface area contributed by atoms with E-state index in [2.05, 4.69) is 26.6 Å². The molecule has 1 fully saturated rings. The lowest BCUT2D eigenvalue weighted by Gasteiger charge is -2.28. The standard InChI is InChI=1S/C14H20N4S2/c1-3-18(10-6-4-5-7-10)14-11(12(15)17-20-14)13-16-9(2)8-19-13/h8,10H,3-7H2,1-2H3,(H2,15,17). The van der Waals surface area contributed by atoms with Gasteiger partial charge in [0.1, 0.15) is 15.8 Å². The highest BCUT2D eigenvalue weighted by atomic mass is 32.1. The van der Waals surface area contributed by atoms with Gasteiger partial charge in [-0.15, -0.1) is 11.3 Å². The Hall–Kier alpha value is -1.14. The van der Waals surface area contributed by atoms with Gasteiger partial charge in [0.15, 0.2) is 0 Å². The Morgan fingerprint density at radius 2 is 2.15 bits per heavy atom. The molecule has 0 atom stereocenters. The summed E-state index contributed by atoms with van der Waals surface area (Å²) in [6, 6.07) is 0.639. The first-order valence-electron chi connectivity index (χ1n) is 7.15. The van der Waals surface area contributed by atoms with Crippen molar-refractivity contribution in [2.24, 2.45) is 0 Å². The van der Waals surface area contributed by atoms with Gasteiger partial charge in [0.25, 0.3) is 0 Å². The van der Waals surface area contributed by atoms with Gasteiger partial charge in [-0.25, -0.2) is 4.98 Å². The van der Waals surface area contributed by atoms with Crippen LogP contribution in [0, 0.1) is 6.92 Å². The van der Waals surface area contributed by atoms with E-state index in [4.69, 9.17) is 5.73 Å². The van der Waals surface area contributed by atoms with E-state index in [-0.39, 0.29) is 0 Å². The van der Waals surface area contributed by atoms with Crippen molar-refractivity contribution >= 4 is 33.7 Å². The summed E-state index contributed by atoms with van der Waals surface area (Å²) >= 11 is 3.17. The van der Waals surface area contributed by atoms with Crippen LogP contribution >= 0.6 is 22.9 Å². The zero-order valence-electron chi connectivity index (χ0n) is 11.9.